The van der Waals surface area contributed by atoms with Crippen molar-refractivity contribution >= 4 is 5.91 Å². The van der Waals surface area contributed by atoms with E-state index < -0.39 is 0 Å². The molecule has 23 heavy (non-hydrogen) atoms. The van der Waals surface area contributed by atoms with Crippen LogP contribution in [0.1, 0.15) is 12.0 Å². The fraction of sp³-hybridized carbons (Fsp3) is 0.611. The zero-order valence-electron chi connectivity index (χ0n) is 13.9. The van der Waals surface area contributed by atoms with Crippen molar-refractivity contribution in [3.63, 3.8) is 0 Å². The number of benzene rings is 1. The number of likely N-dealkylation sites (tertiary alicyclic amines) is 1. The first-order valence-corrected chi connectivity index (χ1v) is 8.27. The number of ether oxygens (including phenoxy) is 1. The number of fused-ring (bicyclic) bond motifs is 1. The molecule has 3 atom stereocenters. The van der Waals surface area contributed by atoms with Gasteiger partial charge >= 0.3 is 0 Å². The highest BCUT2D eigenvalue weighted by molar-refractivity contribution is 5.75. The second kappa shape index (κ2) is 6.97. The number of hydrogen-bond acceptors (Lipinski definition) is 3. The topological polar surface area (TPSA) is 32.8 Å². The Bertz CT molecular complexity index is 546. The standard InChI is InChI=1S/C18H25FN2O2/c1-20(2)18(22)7-14-11-23-12-15-9-21(10-17(14)15)8-13-3-5-16(19)6-4-13/h3-6,14-15,17H,7-12H2,1-2H3/t14-,15-,17+/m1/s1. The molecule has 0 bridgehead atoms. The average molecular weight is 320 g/mol. The Morgan fingerprint density at radius 3 is 2.70 bits per heavy atom. The van der Waals surface area contributed by atoms with Crippen LogP contribution in [0.15, 0.2) is 24.3 Å². The Balaban J connectivity index is 1.61. The second-order valence-electron chi connectivity index (χ2n) is 7.03. The van der Waals surface area contributed by atoms with E-state index in [9.17, 15) is 9.18 Å². The van der Waals surface area contributed by atoms with Gasteiger partial charge in [0, 0.05) is 40.2 Å². The summed E-state index contributed by atoms with van der Waals surface area (Å²) < 4.78 is 18.8. The molecule has 5 heteroatoms. The zero-order chi connectivity index (χ0) is 16.4. The number of carbonyl (C=O) groups excluding carboxylic acids is 1. The molecule has 4 nitrogen and oxygen atoms in total. The summed E-state index contributed by atoms with van der Waals surface area (Å²) in [6, 6.07) is 6.72. The quantitative estimate of drug-likeness (QED) is 0.851. The minimum absolute atomic E-state index is 0.177. The van der Waals surface area contributed by atoms with Crippen LogP contribution in [0.5, 0.6) is 0 Å². The first-order valence-electron chi connectivity index (χ1n) is 8.27. The van der Waals surface area contributed by atoms with E-state index in [1.165, 1.54) is 12.1 Å². The molecule has 2 fully saturated rings. The van der Waals surface area contributed by atoms with Crippen LogP contribution in [0.25, 0.3) is 0 Å². The van der Waals surface area contributed by atoms with Crippen LogP contribution in [-0.2, 0) is 16.1 Å². The summed E-state index contributed by atoms with van der Waals surface area (Å²) in [5, 5.41) is 0. The minimum Gasteiger partial charge on any atom is -0.381 e. The number of amides is 1. The van der Waals surface area contributed by atoms with Gasteiger partial charge < -0.3 is 9.64 Å². The second-order valence-corrected chi connectivity index (χ2v) is 7.03. The lowest BCUT2D eigenvalue weighted by atomic mass is 9.81. The molecule has 1 aromatic carbocycles. The summed E-state index contributed by atoms with van der Waals surface area (Å²) in [6.07, 6.45) is 0.568. The summed E-state index contributed by atoms with van der Waals surface area (Å²) in [5.74, 6) is 1.31. The molecule has 3 rings (SSSR count). The maximum atomic E-state index is 13.0. The molecular weight excluding hydrogens is 295 g/mol. The summed E-state index contributed by atoms with van der Waals surface area (Å²) in [4.78, 5) is 16.1. The van der Waals surface area contributed by atoms with Crippen molar-refractivity contribution in [2.24, 2.45) is 17.8 Å². The molecule has 0 radical (unpaired) electrons. The van der Waals surface area contributed by atoms with Crippen molar-refractivity contribution in [2.45, 2.75) is 13.0 Å². The van der Waals surface area contributed by atoms with Crippen molar-refractivity contribution in [1.29, 1.82) is 0 Å². The van der Waals surface area contributed by atoms with Crippen molar-refractivity contribution in [2.75, 3.05) is 40.4 Å². The lowest BCUT2D eigenvalue weighted by Gasteiger charge is -2.33. The smallest absolute Gasteiger partial charge is 0.222 e. The van der Waals surface area contributed by atoms with E-state index in [1.807, 2.05) is 12.1 Å². The van der Waals surface area contributed by atoms with Gasteiger partial charge in [-0.25, -0.2) is 4.39 Å². The lowest BCUT2D eigenvalue weighted by Crippen LogP contribution is -2.38. The Kier molecular flexibility index (Phi) is 4.97. The number of halogens is 1. The fourth-order valence-corrected chi connectivity index (χ4v) is 3.79. The number of carbonyl (C=O) groups is 1. The van der Waals surface area contributed by atoms with Gasteiger partial charge in [0.1, 0.15) is 5.82 Å². The van der Waals surface area contributed by atoms with Crippen LogP contribution in [0.3, 0.4) is 0 Å². The molecule has 1 amide bonds. The SMILES string of the molecule is CN(C)C(=O)C[C@@H]1COC[C@H]2CN(Cc3ccc(F)cc3)C[C@@H]12. The normalized spacial score (nSPS) is 27.7. The van der Waals surface area contributed by atoms with Crippen LogP contribution in [0, 0.1) is 23.6 Å². The third kappa shape index (κ3) is 3.90. The monoisotopic (exact) mass is 320 g/mol. The molecule has 2 saturated heterocycles. The Hall–Kier alpha value is -1.46. The van der Waals surface area contributed by atoms with Gasteiger partial charge in [-0.3, -0.25) is 9.69 Å². The predicted molar refractivity (Wildman–Crippen MR) is 86.3 cm³/mol. The zero-order valence-corrected chi connectivity index (χ0v) is 13.9. The first kappa shape index (κ1) is 16.4. The fourth-order valence-electron chi connectivity index (χ4n) is 3.79. The number of nitrogens with zero attached hydrogens (tertiary/aromatic N) is 2. The van der Waals surface area contributed by atoms with E-state index in [1.54, 1.807) is 19.0 Å². The largest absolute Gasteiger partial charge is 0.381 e. The minimum atomic E-state index is -0.195. The van der Waals surface area contributed by atoms with Crippen LogP contribution in [0.2, 0.25) is 0 Å². The molecule has 0 unspecified atom stereocenters. The molecule has 2 heterocycles. The van der Waals surface area contributed by atoms with Crippen molar-refractivity contribution in [3.05, 3.63) is 35.6 Å². The summed E-state index contributed by atoms with van der Waals surface area (Å²) in [6.45, 7) is 4.30. The Labute approximate surface area is 137 Å². The molecule has 2 aliphatic heterocycles. The molecule has 0 N–H and O–H groups in total. The number of rotatable bonds is 4. The maximum absolute atomic E-state index is 13.0. The van der Waals surface area contributed by atoms with Crippen LogP contribution < -0.4 is 0 Å². The van der Waals surface area contributed by atoms with Gasteiger partial charge in [-0.05, 0) is 35.4 Å². The third-order valence-electron chi connectivity index (χ3n) is 5.09. The van der Waals surface area contributed by atoms with E-state index in [-0.39, 0.29) is 11.7 Å². The highest BCUT2D eigenvalue weighted by Gasteiger charge is 2.41. The van der Waals surface area contributed by atoms with E-state index in [0.29, 0.717) is 30.8 Å². The van der Waals surface area contributed by atoms with E-state index >= 15 is 0 Å². The van der Waals surface area contributed by atoms with Crippen molar-refractivity contribution in [3.8, 4) is 0 Å². The van der Waals surface area contributed by atoms with E-state index in [4.69, 9.17) is 4.74 Å². The summed E-state index contributed by atoms with van der Waals surface area (Å²) in [5.41, 5.74) is 1.13. The van der Waals surface area contributed by atoms with E-state index in [0.717, 1.165) is 31.8 Å². The molecule has 0 spiro atoms. The third-order valence-corrected chi connectivity index (χ3v) is 5.09. The van der Waals surface area contributed by atoms with Gasteiger partial charge in [0.15, 0.2) is 0 Å². The van der Waals surface area contributed by atoms with Gasteiger partial charge in [-0.15, -0.1) is 0 Å². The molecule has 2 aliphatic rings. The lowest BCUT2D eigenvalue weighted by molar-refractivity contribution is -0.132. The maximum Gasteiger partial charge on any atom is 0.222 e. The Morgan fingerprint density at radius 1 is 1.26 bits per heavy atom. The Morgan fingerprint density at radius 2 is 2.00 bits per heavy atom. The summed E-state index contributed by atoms with van der Waals surface area (Å²) >= 11 is 0. The average Bonchev–Trinajstić information content (AvgIpc) is 2.93. The molecule has 1 aromatic rings. The van der Waals surface area contributed by atoms with Crippen molar-refractivity contribution in [1.82, 2.24) is 9.80 Å². The predicted octanol–water partition coefficient (Wildman–Crippen LogP) is 2.00. The van der Waals surface area contributed by atoms with Crippen LogP contribution >= 0.6 is 0 Å². The number of hydrogen-bond donors (Lipinski definition) is 0. The van der Waals surface area contributed by atoms with Gasteiger partial charge in [-0.1, -0.05) is 12.1 Å². The van der Waals surface area contributed by atoms with Crippen LogP contribution in [-0.4, -0.2) is 56.1 Å². The van der Waals surface area contributed by atoms with Gasteiger partial charge in [0.2, 0.25) is 5.91 Å². The van der Waals surface area contributed by atoms with Crippen LogP contribution in [0.4, 0.5) is 4.39 Å². The molecule has 0 saturated carbocycles. The highest BCUT2D eigenvalue weighted by Crippen LogP contribution is 2.36. The molecule has 126 valence electrons. The summed E-state index contributed by atoms with van der Waals surface area (Å²) in [7, 11) is 3.61. The first-order chi connectivity index (χ1) is 11.0. The highest BCUT2D eigenvalue weighted by atomic mass is 19.1. The molecule has 0 aliphatic carbocycles. The van der Waals surface area contributed by atoms with Gasteiger partial charge in [-0.2, -0.15) is 0 Å². The van der Waals surface area contributed by atoms with Crippen molar-refractivity contribution < 1.29 is 13.9 Å². The van der Waals surface area contributed by atoms with Gasteiger partial charge in [0.05, 0.1) is 13.2 Å². The van der Waals surface area contributed by atoms with E-state index in [2.05, 4.69) is 4.90 Å². The molecule has 0 aromatic heterocycles. The van der Waals surface area contributed by atoms with Gasteiger partial charge in [0.25, 0.3) is 0 Å². The molecular formula is C18H25FN2O2.